The number of anilines is 1. The summed E-state index contributed by atoms with van der Waals surface area (Å²) in [6, 6.07) is 4.26. The van der Waals surface area contributed by atoms with Crippen molar-refractivity contribution in [2.75, 3.05) is 17.3 Å². The SMILES string of the molecule is O=C(CCl)[C@H]1CCCN1c1cccc2c1OC(F)(F)O2. The van der Waals surface area contributed by atoms with E-state index in [-0.39, 0.29) is 23.2 Å². The van der Waals surface area contributed by atoms with Crippen molar-refractivity contribution in [3.05, 3.63) is 18.2 Å². The van der Waals surface area contributed by atoms with Gasteiger partial charge in [0, 0.05) is 6.54 Å². The lowest BCUT2D eigenvalue weighted by Gasteiger charge is -2.26. The molecular formula is C13H12ClF2NO3. The van der Waals surface area contributed by atoms with Gasteiger partial charge in [-0.3, -0.25) is 4.79 Å². The summed E-state index contributed by atoms with van der Waals surface area (Å²) in [7, 11) is 0. The number of carbonyl (C=O) groups excluding carboxylic acids is 1. The van der Waals surface area contributed by atoms with E-state index in [2.05, 4.69) is 9.47 Å². The van der Waals surface area contributed by atoms with E-state index in [1.807, 2.05) is 0 Å². The zero-order valence-corrected chi connectivity index (χ0v) is 11.2. The minimum absolute atomic E-state index is 0.0172. The van der Waals surface area contributed by atoms with Crippen LogP contribution in [0.2, 0.25) is 0 Å². The number of nitrogens with zero attached hydrogens (tertiary/aromatic N) is 1. The van der Waals surface area contributed by atoms with Gasteiger partial charge in [0.2, 0.25) is 0 Å². The number of benzene rings is 1. The number of rotatable bonds is 3. The molecule has 0 unspecified atom stereocenters. The second kappa shape index (κ2) is 4.77. The van der Waals surface area contributed by atoms with E-state index >= 15 is 0 Å². The molecule has 1 aromatic rings. The molecule has 2 heterocycles. The molecule has 0 saturated carbocycles. The van der Waals surface area contributed by atoms with Crippen molar-refractivity contribution >= 4 is 23.1 Å². The third-order valence-electron chi connectivity index (χ3n) is 3.47. The van der Waals surface area contributed by atoms with E-state index in [1.165, 1.54) is 6.07 Å². The zero-order chi connectivity index (χ0) is 14.3. The highest BCUT2D eigenvalue weighted by Crippen LogP contribution is 2.48. The number of hydrogen-bond acceptors (Lipinski definition) is 4. The smallest absolute Gasteiger partial charge is 0.395 e. The molecule has 20 heavy (non-hydrogen) atoms. The molecule has 0 bridgehead atoms. The van der Waals surface area contributed by atoms with E-state index < -0.39 is 12.3 Å². The first-order valence-electron chi connectivity index (χ1n) is 6.26. The Kier molecular flexibility index (Phi) is 3.20. The van der Waals surface area contributed by atoms with Crippen LogP contribution in [0.25, 0.3) is 0 Å². The highest BCUT2D eigenvalue weighted by molar-refractivity contribution is 6.28. The van der Waals surface area contributed by atoms with Crippen molar-refractivity contribution in [3.63, 3.8) is 0 Å². The first-order valence-corrected chi connectivity index (χ1v) is 6.79. The summed E-state index contributed by atoms with van der Waals surface area (Å²) in [6.45, 7) is 0.596. The maximum absolute atomic E-state index is 13.2. The van der Waals surface area contributed by atoms with Crippen LogP contribution in [0, 0.1) is 0 Å². The maximum Gasteiger partial charge on any atom is 0.586 e. The predicted octanol–water partition coefficient (Wildman–Crippen LogP) is 2.78. The Morgan fingerprint density at radius 2 is 2.25 bits per heavy atom. The second-order valence-corrected chi connectivity index (χ2v) is 4.99. The van der Waals surface area contributed by atoms with Gasteiger partial charge in [-0.2, -0.15) is 0 Å². The minimum Gasteiger partial charge on any atom is -0.395 e. The Morgan fingerprint density at radius 1 is 1.45 bits per heavy atom. The molecule has 1 saturated heterocycles. The highest BCUT2D eigenvalue weighted by Gasteiger charge is 2.46. The molecular weight excluding hydrogens is 292 g/mol. The standard InChI is InChI=1S/C13H12ClF2NO3/c14-7-10(18)8-4-2-6-17(8)9-3-1-5-11-12(9)20-13(15,16)19-11/h1,3,5,8H,2,4,6-7H2/t8-/m1/s1. The maximum atomic E-state index is 13.2. The molecule has 1 fully saturated rings. The van der Waals surface area contributed by atoms with Crippen LogP contribution in [-0.2, 0) is 4.79 Å². The first kappa shape index (κ1) is 13.4. The number of hydrogen-bond donors (Lipinski definition) is 0. The van der Waals surface area contributed by atoms with Crippen molar-refractivity contribution in [2.45, 2.75) is 25.2 Å². The van der Waals surface area contributed by atoms with Crippen LogP contribution >= 0.6 is 11.6 Å². The molecule has 4 nitrogen and oxygen atoms in total. The van der Waals surface area contributed by atoms with Crippen molar-refractivity contribution in [1.82, 2.24) is 0 Å². The first-order chi connectivity index (χ1) is 9.52. The van der Waals surface area contributed by atoms with Crippen LogP contribution in [0.4, 0.5) is 14.5 Å². The molecule has 0 radical (unpaired) electrons. The number of carbonyl (C=O) groups is 1. The quantitative estimate of drug-likeness (QED) is 0.805. The van der Waals surface area contributed by atoms with Crippen LogP contribution in [0.1, 0.15) is 12.8 Å². The van der Waals surface area contributed by atoms with E-state index in [1.54, 1.807) is 17.0 Å². The van der Waals surface area contributed by atoms with Crippen molar-refractivity contribution in [3.8, 4) is 11.5 Å². The summed E-state index contributed by atoms with van der Waals surface area (Å²) in [5.74, 6) is -0.250. The van der Waals surface area contributed by atoms with Crippen LogP contribution in [-0.4, -0.2) is 30.5 Å². The summed E-state index contributed by atoms with van der Waals surface area (Å²) in [5.41, 5.74) is 0.445. The fraction of sp³-hybridized carbons (Fsp3) is 0.462. The average Bonchev–Trinajstić information content (AvgIpc) is 2.99. The number of ether oxygens (including phenoxy) is 2. The number of halogens is 3. The van der Waals surface area contributed by atoms with Gasteiger partial charge < -0.3 is 14.4 Å². The Hall–Kier alpha value is -1.56. The average molecular weight is 304 g/mol. The Labute approximate surface area is 119 Å². The molecule has 0 N–H and O–H groups in total. The van der Waals surface area contributed by atoms with Gasteiger partial charge in [0.25, 0.3) is 0 Å². The Balaban J connectivity index is 1.96. The molecule has 108 valence electrons. The van der Waals surface area contributed by atoms with E-state index in [9.17, 15) is 13.6 Å². The third-order valence-corrected chi connectivity index (χ3v) is 3.74. The summed E-state index contributed by atoms with van der Waals surface area (Å²) < 4.78 is 35.3. The number of ketones is 1. The fourth-order valence-electron chi connectivity index (χ4n) is 2.66. The minimum atomic E-state index is -3.66. The summed E-state index contributed by atoms with van der Waals surface area (Å²) in [5, 5.41) is 0. The van der Waals surface area contributed by atoms with E-state index in [0.717, 1.165) is 6.42 Å². The normalized spacial score (nSPS) is 23.1. The van der Waals surface area contributed by atoms with Gasteiger partial charge in [-0.1, -0.05) is 6.07 Å². The lowest BCUT2D eigenvalue weighted by atomic mass is 10.1. The monoisotopic (exact) mass is 303 g/mol. The van der Waals surface area contributed by atoms with Crippen LogP contribution in [0.3, 0.4) is 0 Å². The molecule has 0 aromatic heterocycles. The fourth-order valence-corrected chi connectivity index (χ4v) is 2.84. The molecule has 2 aliphatic heterocycles. The van der Waals surface area contributed by atoms with Gasteiger partial charge in [0.1, 0.15) is 0 Å². The third kappa shape index (κ3) is 2.18. The molecule has 1 aromatic carbocycles. The molecule has 2 aliphatic rings. The number of para-hydroxylation sites is 1. The van der Waals surface area contributed by atoms with Gasteiger partial charge in [-0.25, -0.2) is 0 Å². The van der Waals surface area contributed by atoms with Gasteiger partial charge in [-0.05, 0) is 25.0 Å². The summed E-state index contributed by atoms with van der Waals surface area (Å²) in [6.07, 6.45) is -2.20. The van der Waals surface area contributed by atoms with Gasteiger partial charge in [-0.15, -0.1) is 20.4 Å². The van der Waals surface area contributed by atoms with Gasteiger partial charge in [0.15, 0.2) is 17.3 Å². The van der Waals surface area contributed by atoms with Crippen LogP contribution < -0.4 is 14.4 Å². The highest BCUT2D eigenvalue weighted by atomic mass is 35.5. The van der Waals surface area contributed by atoms with E-state index in [0.29, 0.717) is 18.7 Å². The number of Topliss-reactive ketones (excluding diaryl/α,β-unsaturated/α-hetero) is 1. The van der Waals surface area contributed by atoms with Crippen molar-refractivity contribution < 1.29 is 23.0 Å². The summed E-state index contributed by atoms with van der Waals surface area (Å²) >= 11 is 5.60. The Morgan fingerprint density at radius 3 is 3.00 bits per heavy atom. The number of fused-ring (bicyclic) bond motifs is 1. The van der Waals surface area contributed by atoms with Gasteiger partial charge in [0.05, 0.1) is 17.6 Å². The molecule has 0 amide bonds. The number of alkyl halides is 3. The van der Waals surface area contributed by atoms with Crippen LogP contribution in [0.15, 0.2) is 18.2 Å². The van der Waals surface area contributed by atoms with Crippen molar-refractivity contribution in [2.24, 2.45) is 0 Å². The molecule has 1 atom stereocenters. The zero-order valence-electron chi connectivity index (χ0n) is 10.4. The Bertz CT molecular complexity index is 552. The second-order valence-electron chi connectivity index (χ2n) is 4.72. The lowest BCUT2D eigenvalue weighted by Crippen LogP contribution is -2.37. The van der Waals surface area contributed by atoms with Gasteiger partial charge >= 0.3 is 6.29 Å². The molecule has 7 heteroatoms. The van der Waals surface area contributed by atoms with E-state index in [4.69, 9.17) is 11.6 Å². The molecule has 0 aliphatic carbocycles. The lowest BCUT2D eigenvalue weighted by molar-refractivity contribution is -0.286. The largest absolute Gasteiger partial charge is 0.586 e. The molecule has 3 rings (SSSR count). The molecule has 0 spiro atoms. The topological polar surface area (TPSA) is 38.8 Å². The predicted molar refractivity (Wildman–Crippen MR) is 68.7 cm³/mol. The van der Waals surface area contributed by atoms with Crippen molar-refractivity contribution in [1.29, 1.82) is 0 Å². The summed E-state index contributed by atoms with van der Waals surface area (Å²) in [4.78, 5) is 13.6. The van der Waals surface area contributed by atoms with Crippen LogP contribution in [0.5, 0.6) is 11.5 Å².